The van der Waals surface area contributed by atoms with Gasteiger partial charge in [-0.25, -0.2) is 4.98 Å². The number of hydrogen-bond donors (Lipinski definition) is 0. The van der Waals surface area contributed by atoms with E-state index in [1.54, 1.807) is 41.2 Å². The quantitative estimate of drug-likeness (QED) is 0.129. The third-order valence-electron chi connectivity index (χ3n) is 5.15. The topological polar surface area (TPSA) is 78.0 Å². The first-order chi connectivity index (χ1) is 16.0. The van der Waals surface area contributed by atoms with Gasteiger partial charge in [-0.05, 0) is 42.0 Å². The number of hydrogen-bond acceptors (Lipinski definition) is 5. The Bertz CT molecular complexity index is 1250. The first kappa shape index (κ1) is 22.8. The molecule has 0 saturated carbocycles. The summed E-state index contributed by atoms with van der Waals surface area (Å²) in [5.41, 5.74) is 1.43. The summed E-state index contributed by atoms with van der Waals surface area (Å²) in [6.07, 6.45) is 3.28. The van der Waals surface area contributed by atoms with E-state index in [1.807, 2.05) is 60.7 Å². The zero-order chi connectivity index (χ0) is 23.2. The van der Waals surface area contributed by atoms with Crippen LogP contribution in [0.5, 0.6) is 0 Å². The van der Waals surface area contributed by atoms with Gasteiger partial charge in [0.15, 0.2) is 5.82 Å². The van der Waals surface area contributed by atoms with Crippen molar-refractivity contribution in [3.05, 3.63) is 124 Å². The molecule has 0 aliphatic carbocycles. The third-order valence-corrected chi connectivity index (χ3v) is 6.72. The zero-order valence-corrected chi connectivity index (χ0v) is 19.0. The predicted molar refractivity (Wildman–Crippen MR) is 130 cm³/mol. The maximum atomic E-state index is 13.9. The maximum absolute atomic E-state index is 13.9. The number of ketones is 1. The molecule has 33 heavy (non-hydrogen) atoms. The van der Waals surface area contributed by atoms with Gasteiger partial charge in [0.2, 0.25) is 12.3 Å². The van der Waals surface area contributed by atoms with Gasteiger partial charge in [0.05, 0.1) is 11.2 Å². The van der Waals surface area contributed by atoms with E-state index in [0.29, 0.717) is 10.6 Å². The second kappa shape index (κ2) is 10.5. The summed E-state index contributed by atoms with van der Waals surface area (Å²) in [5, 5.41) is 11.3. The van der Waals surface area contributed by atoms with Gasteiger partial charge in [-0.1, -0.05) is 60.1 Å². The molecule has 6 nitrogen and oxygen atoms in total. The Balaban J connectivity index is 1.80. The van der Waals surface area contributed by atoms with E-state index in [9.17, 15) is 14.9 Å². The molecular weight excluding hydrogens is 458 g/mol. The molecule has 3 aromatic carbocycles. The van der Waals surface area contributed by atoms with Crippen LogP contribution in [0.25, 0.3) is 5.69 Å². The standard InChI is InChI=1S/C25H20ClN3O3S/c26-19-9-7-8-18(16-19)22(17-29(31)32)24(33-21-12-5-2-6-13-21)23(30)25-27-14-15-28(25)20-10-3-1-4-11-20/h1-16,22,24H,17H2/t22-,24+/m1/s1. The molecule has 0 spiro atoms. The van der Waals surface area contributed by atoms with Gasteiger partial charge in [0, 0.05) is 32.9 Å². The van der Waals surface area contributed by atoms with Crippen LogP contribution >= 0.6 is 23.4 Å². The molecule has 166 valence electrons. The van der Waals surface area contributed by atoms with E-state index in [0.717, 1.165) is 10.6 Å². The summed E-state index contributed by atoms with van der Waals surface area (Å²) >= 11 is 7.50. The molecule has 0 N–H and O–H groups in total. The van der Waals surface area contributed by atoms with Crippen molar-refractivity contribution in [2.24, 2.45) is 0 Å². The van der Waals surface area contributed by atoms with E-state index in [1.165, 1.54) is 11.8 Å². The van der Waals surface area contributed by atoms with Crippen LogP contribution in [0.4, 0.5) is 0 Å². The lowest BCUT2D eigenvalue weighted by Crippen LogP contribution is -2.32. The lowest BCUT2D eigenvalue weighted by atomic mass is 9.92. The number of nitro groups is 1. The molecule has 1 aromatic heterocycles. The van der Waals surface area contributed by atoms with Gasteiger partial charge in [-0.2, -0.15) is 0 Å². The van der Waals surface area contributed by atoms with Crippen LogP contribution in [0.15, 0.2) is 102 Å². The Morgan fingerprint density at radius 3 is 2.39 bits per heavy atom. The fraction of sp³-hybridized carbons (Fsp3) is 0.120. The van der Waals surface area contributed by atoms with Gasteiger partial charge in [-0.15, -0.1) is 11.8 Å². The minimum Gasteiger partial charge on any atom is -0.297 e. The van der Waals surface area contributed by atoms with Crippen molar-refractivity contribution in [2.75, 3.05) is 6.54 Å². The Labute approximate surface area is 200 Å². The van der Waals surface area contributed by atoms with E-state index in [2.05, 4.69) is 4.98 Å². The highest BCUT2D eigenvalue weighted by Gasteiger charge is 2.37. The number of thioether (sulfide) groups is 1. The SMILES string of the molecule is O=C(c1nccn1-c1ccccc1)[C@@H](Sc1ccccc1)[C@H](C[N+](=O)[O-])c1cccc(Cl)c1. The van der Waals surface area contributed by atoms with Gasteiger partial charge in [0.25, 0.3) is 0 Å². The summed E-state index contributed by atoms with van der Waals surface area (Å²) in [7, 11) is 0. The minimum absolute atomic E-state index is 0.227. The van der Waals surface area contributed by atoms with Gasteiger partial charge in [-0.3, -0.25) is 19.5 Å². The summed E-state index contributed by atoms with van der Waals surface area (Å²) in [6.45, 7) is -0.414. The van der Waals surface area contributed by atoms with Crippen LogP contribution in [0.1, 0.15) is 22.1 Å². The van der Waals surface area contributed by atoms with Crippen LogP contribution in [0, 0.1) is 10.1 Å². The second-order valence-electron chi connectivity index (χ2n) is 7.35. The number of aromatic nitrogens is 2. The van der Waals surface area contributed by atoms with Crippen molar-refractivity contribution in [1.29, 1.82) is 0 Å². The number of halogens is 1. The molecule has 0 fully saturated rings. The molecule has 8 heteroatoms. The molecule has 0 saturated heterocycles. The fourth-order valence-electron chi connectivity index (χ4n) is 3.65. The largest absolute Gasteiger partial charge is 0.297 e. The Morgan fingerprint density at radius 2 is 1.73 bits per heavy atom. The number of carbonyl (C=O) groups excluding carboxylic acids is 1. The minimum atomic E-state index is -0.791. The van der Waals surface area contributed by atoms with E-state index < -0.39 is 17.7 Å². The summed E-state index contributed by atoms with van der Waals surface area (Å²) in [5.74, 6) is -0.771. The van der Waals surface area contributed by atoms with Crippen LogP contribution in [-0.4, -0.2) is 32.1 Å². The van der Waals surface area contributed by atoms with Crippen LogP contribution in [0.2, 0.25) is 5.02 Å². The molecular formula is C25H20ClN3O3S. The van der Waals surface area contributed by atoms with Crippen molar-refractivity contribution in [3.63, 3.8) is 0 Å². The molecule has 0 aliphatic rings. The second-order valence-corrected chi connectivity index (χ2v) is 9.00. The van der Waals surface area contributed by atoms with Crippen molar-refractivity contribution in [2.45, 2.75) is 16.1 Å². The number of carbonyl (C=O) groups is 1. The number of rotatable bonds is 9. The van der Waals surface area contributed by atoms with Crippen LogP contribution in [0.3, 0.4) is 0 Å². The van der Waals surface area contributed by atoms with Gasteiger partial charge in [0.1, 0.15) is 0 Å². The van der Waals surface area contributed by atoms with Gasteiger partial charge < -0.3 is 0 Å². The monoisotopic (exact) mass is 477 g/mol. The van der Waals surface area contributed by atoms with Crippen molar-refractivity contribution < 1.29 is 9.72 Å². The molecule has 0 unspecified atom stereocenters. The Morgan fingerprint density at radius 1 is 1.03 bits per heavy atom. The maximum Gasteiger partial charge on any atom is 0.212 e. The first-order valence-corrected chi connectivity index (χ1v) is 11.5. The molecule has 0 aliphatic heterocycles. The molecule has 0 bridgehead atoms. The molecule has 1 heterocycles. The highest BCUT2D eigenvalue weighted by atomic mass is 35.5. The van der Waals surface area contributed by atoms with Crippen molar-refractivity contribution in [3.8, 4) is 5.69 Å². The van der Waals surface area contributed by atoms with E-state index in [4.69, 9.17) is 11.6 Å². The van der Waals surface area contributed by atoms with Crippen molar-refractivity contribution >= 4 is 29.1 Å². The molecule has 0 radical (unpaired) electrons. The van der Waals surface area contributed by atoms with E-state index in [-0.39, 0.29) is 16.5 Å². The zero-order valence-electron chi connectivity index (χ0n) is 17.5. The Hall–Kier alpha value is -3.42. The lowest BCUT2D eigenvalue weighted by Gasteiger charge is -2.24. The van der Waals surface area contributed by atoms with Crippen LogP contribution < -0.4 is 0 Å². The summed E-state index contributed by atoms with van der Waals surface area (Å²) < 4.78 is 1.71. The number of imidazole rings is 1. The van der Waals surface area contributed by atoms with Gasteiger partial charge >= 0.3 is 0 Å². The molecule has 0 amide bonds. The number of Topliss-reactive ketones (excluding diaryl/α,β-unsaturated/α-hetero) is 1. The first-order valence-electron chi connectivity index (χ1n) is 10.2. The Kier molecular flexibility index (Phi) is 7.22. The summed E-state index contributed by atoms with van der Waals surface area (Å²) in [4.78, 5) is 30.4. The fourth-order valence-corrected chi connectivity index (χ4v) is 5.07. The number of nitrogens with zero attached hydrogens (tertiary/aromatic N) is 3. The molecule has 2 atom stereocenters. The summed E-state index contributed by atoms with van der Waals surface area (Å²) in [6, 6.07) is 25.7. The average molecular weight is 478 g/mol. The molecule has 4 rings (SSSR count). The third kappa shape index (κ3) is 5.50. The highest BCUT2D eigenvalue weighted by molar-refractivity contribution is 8.00. The molecule has 4 aromatic rings. The lowest BCUT2D eigenvalue weighted by molar-refractivity contribution is -0.483. The predicted octanol–water partition coefficient (Wildman–Crippen LogP) is 5.93. The average Bonchev–Trinajstić information content (AvgIpc) is 3.32. The normalized spacial score (nSPS) is 12.8. The van der Waals surface area contributed by atoms with Crippen LogP contribution in [-0.2, 0) is 0 Å². The smallest absolute Gasteiger partial charge is 0.212 e. The number of para-hydroxylation sites is 1. The number of benzene rings is 3. The van der Waals surface area contributed by atoms with Crippen molar-refractivity contribution in [1.82, 2.24) is 9.55 Å². The highest BCUT2D eigenvalue weighted by Crippen LogP contribution is 2.37. The van der Waals surface area contributed by atoms with E-state index >= 15 is 0 Å².